The van der Waals surface area contributed by atoms with Gasteiger partial charge in [-0.1, -0.05) is 19.3 Å². The molecule has 2 aromatic rings. The number of nitrogens with zero attached hydrogens (tertiary/aromatic N) is 2. The first-order valence-corrected chi connectivity index (χ1v) is 11.0. The van der Waals surface area contributed by atoms with Gasteiger partial charge in [0, 0.05) is 29.7 Å². The number of amides is 1. The van der Waals surface area contributed by atoms with Crippen molar-refractivity contribution in [3.8, 4) is 0 Å². The fraction of sp³-hybridized carbons (Fsp3) is 0.444. The summed E-state index contributed by atoms with van der Waals surface area (Å²) < 4.78 is 27.1. The van der Waals surface area contributed by atoms with Crippen LogP contribution >= 0.6 is 11.3 Å². The third-order valence-corrected chi connectivity index (χ3v) is 7.48. The second-order valence-electron chi connectivity index (χ2n) is 6.57. The van der Waals surface area contributed by atoms with E-state index in [1.54, 1.807) is 13.2 Å². The molecule has 1 aromatic carbocycles. The molecule has 0 radical (unpaired) electrons. The molecule has 8 heteroatoms. The first-order valence-electron chi connectivity index (χ1n) is 8.70. The van der Waals surface area contributed by atoms with E-state index in [2.05, 4.69) is 10.3 Å². The summed E-state index contributed by atoms with van der Waals surface area (Å²) in [6.07, 6.45) is 6.82. The molecule has 0 unspecified atom stereocenters. The van der Waals surface area contributed by atoms with E-state index in [0.717, 1.165) is 30.6 Å². The Morgan fingerprint density at radius 2 is 1.85 bits per heavy atom. The van der Waals surface area contributed by atoms with E-state index >= 15 is 0 Å². The molecule has 0 atom stereocenters. The van der Waals surface area contributed by atoms with Gasteiger partial charge < -0.3 is 0 Å². The molecule has 1 fully saturated rings. The quantitative estimate of drug-likeness (QED) is 0.841. The average Bonchev–Trinajstić information content (AvgIpc) is 3.06. The van der Waals surface area contributed by atoms with Crippen LogP contribution in [0.2, 0.25) is 0 Å². The molecule has 1 saturated carbocycles. The molecule has 1 aliphatic carbocycles. The number of rotatable bonds is 5. The number of benzene rings is 1. The summed E-state index contributed by atoms with van der Waals surface area (Å²) in [5, 5.41) is 3.25. The lowest BCUT2D eigenvalue weighted by atomic mass is 9.96. The Labute approximate surface area is 158 Å². The maximum Gasteiger partial charge on any atom is 0.257 e. The molecule has 1 N–H and O–H groups in total. The Morgan fingerprint density at radius 3 is 2.42 bits per heavy atom. The molecule has 0 saturated heterocycles. The van der Waals surface area contributed by atoms with Crippen LogP contribution in [0, 0.1) is 6.92 Å². The fourth-order valence-corrected chi connectivity index (χ4v) is 5.24. The maximum atomic E-state index is 12.8. The summed E-state index contributed by atoms with van der Waals surface area (Å²) in [7, 11) is -1.90. The number of aryl methyl sites for hydroxylation is 1. The van der Waals surface area contributed by atoms with Crippen LogP contribution in [0.4, 0.5) is 5.13 Å². The summed E-state index contributed by atoms with van der Waals surface area (Å²) in [5.74, 6) is -0.302. The molecule has 140 valence electrons. The van der Waals surface area contributed by atoms with Gasteiger partial charge in [0.05, 0.1) is 4.90 Å². The summed E-state index contributed by atoms with van der Waals surface area (Å²) in [5.41, 5.74) is 0.400. The van der Waals surface area contributed by atoms with Crippen LogP contribution in [0.1, 0.15) is 47.3 Å². The highest BCUT2D eigenvalue weighted by molar-refractivity contribution is 7.89. The van der Waals surface area contributed by atoms with Crippen LogP contribution in [0.3, 0.4) is 0 Å². The van der Waals surface area contributed by atoms with Crippen molar-refractivity contribution in [2.24, 2.45) is 0 Å². The van der Waals surface area contributed by atoms with Gasteiger partial charge in [0.25, 0.3) is 5.91 Å². The van der Waals surface area contributed by atoms with Crippen molar-refractivity contribution in [2.45, 2.75) is 50.0 Å². The molecular weight excluding hydrogens is 370 g/mol. The molecular formula is C18H23N3O3S2. The van der Waals surface area contributed by atoms with Crippen LogP contribution in [0.15, 0.2) is 35.4 Å². The largest absolute Gasteiger partial charge is 0.298 e. The van der Waals surface area contributed by atoms with Crippen LogP contribution in [-0.4, -0.2) is 36.7 Å². The Hall–Kier alpha value is -1.77. The predicted octanol–water partition coefficient (Wildman–Crippen LogP) is 3.66. The monoisotopic (exact) mass is 393 g/mol. The molecule has 6 nitrogen and oxygen atoms in total. The molecule has 1 amide bonds. The number of carbonyl (C=O) groups is 1. The SMILES string of the molecule is Cc1cnc(NC(=O)c2ccc(S(=O)(=O)N(C)C3CCCCC3)cc2)s1. The smallest absolute Gasteiger partial charge is 0.257 e. The third kappa shape index (κ3) is 4.13. The number of sulfonamides is 1. The zero-order valence-electron chi connectivity index (χ0n) is 14.9. The van der Waals surface area contributed by atoms with E-state index in [4.69, 9.17) is 0 Å². The molecule has 0 bridgehead atoms. The van der Waals surface area contributed by atoms with Crippen molar-refractivity contribution >= 4 is 32.4 Å². The van der Waals surface area contributed by atoms with Crippen molar-refractivity contribution in [1.29, 1.82) is 0 Å². The molecule has 1 heterocycles. The van der Waals surface area contributed by atoms with Crippen LogP contribution in [0.5, 0.6) is 0 Å². The summed E-state index contributed by atoms with van der Waals surface area (Å²) in [4.78, 5) is 17.6. The molecule has 0 aliphatic heterocycles. The van der Waals surface area contributed by atoms with E-state index in [0.29, 0.717) is 10.7 Å². The number of hydrogen-bond acceptors (Lipinski definition) is 5. The minimum absolute atomic E-state index is 0.0601. The second-order valence-corrected chi connectivity index (χ2v) is 9.80. The Bertz CT molecular complexity index is 869. The summed E-state index contributed by atoms with van der Waals surface area (Å²) >= 11 is 1.39. The minimum atomic E-state index is -3.55. The van der Waals surface area contributed by atoms with Crippen LogP contribution < -0.4 is 5.32 Å². The van der Waals surface area contributed by atoms with E-state index < -0.39 is 10.0 Å². The van der Waals surface area contributed by atoms with Crippen LogP contribution in [-0.2, 0) is 10.0 Å². The maximum absolute atomic E-state index is 12.8. The van der Waals surface area contributed by atoms with Crippen molar-refractivity contribution in [3.05, 3.63) is 40.9 Å². The van der Waals surface area contributed by atoms with Crippen molar-refractivity contribution in [2.75, 3.05) is 12.4 Å². The molecule has 3 rings (SSSR count). The highest BCUT2D eigenvalue weighted by Gasteiger charge is 2.29. The van der Waals surface area contributed by atoms with Crippen molar-refractivity contribution in [3.63, 3.8) is 0 Å². The lowest BCUT2D eigenvalue weighted by Crippen LogP contribution is -2.38. The van der Waals surface area contributed by atoms with E-state index in [-0.39, 0.29) is 16.8 Å². The van der Waals surface area contributed by atoms with Gasteiger partial charge in [-0.2, -0.15) is 4.31 Å². The number of carbonyl (C=O) groups excluding carboxylic acids is 1. The first-order chi connectivity index (χ1) is 12.4. The van der Waals surface area contributed by atoms with Gasteiger partial charge in [-0.25, -0.2) is 13.4 Å². The topological polar surface area (TPSA) is 79.4 Å². The van der Waals surface area contributed by atoms with Gasteiger partial charge in [-0.15, -0.1) is 11.3 Å². The van der Waals surface area contributed by atoms with Gasteiger partial charge in [-0.05, 0) is 44.0 Å². The number of aromatic nitrogens is 1. The number of hydrogen-bond donors (Lipinski definition) is 1. The minimum Gasteiger partial charge on any atom is -0.298 e. The Morgan fingerprint density at radius 1 is 1.19 bits per heavy atom. The van der Waals surface area contributed by atoms with Gasteiger partial charge in [-0.3, -0.25) is 10.1 Å². The zero-order chi connectivity index (χ0) is 18.7. The molecule has 0 spiro atoms. The van der Waals surface area contributed by atoms with Gasteiger partial charge in [0.15, 0.2) is 5.13 Å². The molecule has 26 heavy (non-hydrogen) atoms. The highest BCUT2D eigenvalue weighted by Crippen LogP contribution is 2.26. The number of thiazole rings is 1. The average molecular weight is 394 g/mol. The Balaban J connectivity index is 1.72. The normalized spacial score (nSPS) is 16.0. The van der Waals surface area contributed by atoms with Gasteiger partial charge >= 0.3 is 0 Å². The summed E-state index contributed by atoms with van der Waals surface area (Å²) in [6.45, 7) is 1.91. The Kier molecular flexibility index (Phi) is 5.74. The third-order valence-electron chi connectivity index (χ3n) is 4.72. The lowest BCUT2D eigenvalue weighted by Gasteiger charge is -2.30. The lowest BCUT2D eigenvalue weighted by molar-refractivity contribution is 0.102. The highest BCUT2D eigenvalue weighted by atomic mass is 32.2. The second kappa shape index (κ2) is 7.85. The standard InChI is InChI=1S/C18H23N3O3S2/c1-13-12-19-18(25-13)20-17(22)14-8-10-16(11-9-14)26(23,24)21(2)15-6-4-3-5-7-15/h8-12,15H,3-7H2,1-2H3,(H,19,20,22). The zero-order valence-corrected chi connectivity index (χ0v) is 16.6. The van der Waals surface area contributed by atoms with Crippen molar-refractivity contribution < 1.29 is 13.2 Å². The fourth-order valence-electron chi connectivity index (χ4n) is 3.17. The van der Waals surface area contributed by atoms with E-state index in [1.807, 2.05) is 6.92 Å². The molecule has 1 aromatic heterocycles. The van der Waals surface area contributed by atoms with Crippen LogP contribution in [0.25, 0.3) is 0 Å². The van der Waals surface area contributed by atoms with Gasteiger partial charge in [0.1, 0.15) is 0 Å². The first kappa shape index (κ1) is 19.0. The van der Waals surface area contributed by atoms with E-state index in [9.17, 15) is 13.2 Å². The summed E-state index contributed by atoms with van der Waals surface area (Å²) in [6, 6.07) is 6.13. The number of nitrogens with one attached hydrogen (secondary N) is 1. The van der Waals surface area contributed by atoms with Gasteiger partial charge in [0.2, 0.25) is 10.0 Å². The predicted molar refractivity (Wildman–Crippen MR) is 103 cm³/mol. The number of anilines is 1. The van der Waals surface area contributed by atoms with Crippen molar-refractivity contribution in [1.82, 2.24) is 9.29 Å². The molecule has 1 aliphatic rings. The van der Waals surface area contributed by atoms with E-state index in [1.165, 1.54) is 46.3 Å².